The Labute approximate surface area is 165 Å². The molecule has 0 aliphatic rings. The van der Waals surface area contributed by atoms with Gasteiger partial charge in [-0.3, -0.25) is 4.79 Å². The summed E-state index contributed by atoms with van der Waals surface area (Å²) >= 11 is 0. The lowest BCUT2D eigenvalue weighted by Gasteiger charge is -2.18. The number of hydrogen-bond donors (Lipinski definition) is 1. The summed E-state index contributed by atoms with van der Waals surface area (Å²) in [5, 5.41) is 3.44. The Bertz CT molecular complexity index is 1050. The highest BCUT2D eigenvalue weighted by atomic mass is 19.4. The van der Waals surface area contributed by atoms with E-state index in [1.807, 2.05) is 32.9 Å². The summed E-state index contributed by atoms with van der Waals surface area (Å²) in [6.07, 6.45) is -3.30. The standard InChI is InChI=1S/C21H20F3N3O2/c1-4-12-8-11(3)9-13(5-2)17(12)16-10-14(6-7-15(16)18(25)28)19-26-20(29-27-19)21(22,23)24/h6-10H,4-5H2,1-3H3,(H2,25,28). The monoisotopic (exact) mass is 403 g/mol. The molecule has 1 heterocycles. The minimum Gasteiger partial charge on any atom is -0.366 e. The fraction of sp³-hybridized carbons (Fsp3) is 0.286. The van der Waals surface area contributed by atoms with Crippen molar-refractivity contribution >= 4 is 5.91 Å². The number of rotatable bonds is 5. The summed E-state index contributed by atoms with van der Waals surface area (Å²) < 4.78 is 42.8. The van der Waals surface area contributed by atoms with Crippen LogP contribution in [0.3, 0.4) is 0 Å². The Morgan fingerprint density at radius 3 is 2.21 bits per heavy atom. The van der Waals surface area contributed by atoms with Crippen molar-refractivity contribution in [3.63, 3.8) is 0 Å². The van der Waals surface area contributed by atoms with Gasteiger partial charge in [0.25, 0.3) is 0 Å². The first-order chi connectivity index (χ1) is 13.7. The Morgan fingerprint density at radius 1 is 1.10 bits per heavy atom. The highest BCUT2D eigenvalue weighted by molar-refractivity contribution is 6.01. The van der Waals surface area contributed by atoms with E-state index in [1.54, 1.807) is 6.07 Å². The molecule has 5 nitrogen and oxygen atoms in total. The Hall–Kier alpha value is -3.16. The zero-order valence-electron chi connectivity index (χ0n) is 16.2. The number of primary amides is 1. The van der Waals surface area contributed by atoms with Gasteiger partial charge < -0.3 is 10.3 Å². The third kappa shape index (κ3) is 4.01. The van der Waals surface area contributed by atoms with Crippen LogP contribution in [0.25, 0.3) is 22.5 Å². The zero-order chi connectivity index (χ0) is 21.3. The van der Waals surface area contributed by atoms with Crippen molar-refractivity contribution in [2.75, 3.05) is 0 Å². The van der Waals surface area contributed by atoms with E-state index < -0.39 is 18.0 Å². The molecular formula is C21H20F3N3O2. The third-order valence-electron chi connectivity index (χ3n) is 4.69. The number of aromatic nitrogens is 2. The topological polar surface area (TPSA) is 82.0 Å². The van der Waals surface area contributed by atoms with Crippen LogP contribution in [0, 0.1) is 6.92 Å². The minimum atomic E-state index is -4.73. The van der Waals surface area contributed by atoms with Crippen molar-refractivity contribution in [1.82, 2.24) is 10.1 Å². The maximum Gasteiger partial charge on any atom is 0.471 e. The van der Waals surface area contributed by atoms with Crippen molar-refractivity contribution in [2.24, 2.45) is 5.73 Å². The van der Waals surface area contributed by atoms with Gasteiger partial charge in [-0.25, -0.2) is 0 Å². The van der Waals surface area contributed by atoms with Gasteiger partial charge in [0, 0.05) is 11.1 Å². The number of amides is 1. The molecule has 2 aromatic carbocycles. The van der Waals surface area contributed by atoms with Crippen molar-refractivity contribution < 1.29 is 22.5 Å². The van der Waals surface area contributed by atoms with Crippen LogP contribution in [0.5, 0.6) is 0 Å². The molecule has 0 saturated heterocycles. The van der Waals surface area contributed by atoms with Gasteiger partial charge in [-0.1, -0.05) is 42.8 Å². The van der Waals surface area contributed by atoms with Gasteiger partial charge in [-0.05, 0) is 54.2 Å². The number of halogens is 3. The van der Waals surface area contributed by atoms with Gasteiger partial charge in [-0.15, -0.1) is 0 Å². The fourth-order valence-corrected chi connectivity index (χ4v) is 3.41. The van der Waals surface area contributed by atoms with Crippen LogP contribution in [-0.2, 0) is 19.0 Å². The van der Waals surface area contributed by atoms with Crippen LogP contribution >= 0.6 is 0 Å². The van der Waals surface area contributed by atoms with Crippen LogP contribution in [0.2, 0.25) is 0 Å². The number of aryl methyl sites for hydroxylation is 3. The number of benzene rings is 2. The lowest BCUT2D eigenvalue weighted by atomic mass is 9.86. The van der Waals surface area contributed by atoms with Gasteiger partial charge in [0.05, 0.1) is 0 Å². The van der Waals surface area contributed by atoms with Crippen LogP contribution in [0.1, 0.15) is 46.8 Å². The molecule has 0 aliphatic heterocycles. The van der Waals surface area contributed by atoms with E-state index >= 15 is 0 Å². The lowest BCUT2D eigenvalue weighted by Crippen LogP contribution is -2.13. The summed E-state index contributed by atoms with van der Waals surface area (Å²) in [6, 6.07) is 8.59. The molecule has 3 rings (SSSR count). The van der Waals surface area contributed by atoms with E-state index in [-0.39, 0.29) is 11.4 Å². The first-order valence-corrected chi connectivity index (χ1v) is 9.13. The second kappa shape index (κ2) is 7.69. The average Bonchev–Trinajstić information content (AvgIpc) is 3.17. The molecule has 1 aromatic heterocycles. The van der Waals surface area contributed by atoms with E-state index in [0.29, 0.717) is 24.0 Å². The van der Waals surface area contributed by atoms with Crippen molar-refractivity contribution in [2.45, 2.75) is 39.8 Å². The number of alkyl halides is 3. The van der Waals surface area contributed by atoms with Crippen LogP contribution in [0.15, 0.2) is 34.9 Å². The fourth-order valence-electron chi connectivity index (χ4n) is 3.41. The second-order valence-electron chi connectivity index (χ2n) is 6.71. The normalized spacial score (nSPS) is 11.7. The molecule has 0 fully saturated rings. The predicted octanol–water partition coefficient (Wildman–Crippen LogP) is 4.95. The maximum absolute atomic E-state index is 12.8. The predicted molar refractivity (Wildman–Crippen MR) is 102 cm³/mol. The molecule has 0 bridgehead atoms. The molecule has 0 spiro atoms. The van der Waals surface area contributed by atoms with Gasteiger partial charge in [0.1, 0.15) is 0 Å². The van der Waals surface area contributed by atoms with Gasteiger partial charge >= 0.3 is 12.1 Å². The van der Waals surface area contributed by atoms with Crippen LogP contribution < -0.4 is 5.73 Å². The summed E-state index contributed by atoms with van der Waals surface area (Å²) in [7, 11) is 0. The van der Waals surface area contributed by atoms with E-state index in [2.05, 4.69) is 14.7 Å². The molecule has 1 amide bonds. The minimum absolute atomic E-state index is 0.210. The van der Waals surface area contributed by atoms with Gasteiger partial charge in [0.2, 0.25) is 11.7 Å². The summed E-state index contributed by atoms with van der Waals surface area (Å²) in [4.78, 5) is 15.5. The first kappa shape index (κ1) is 20.6. The molecule has 0 radical (unpaired) electrons. The first-order valence-electron chi connectivity index (χ1n) is 9.13. The number of nitrogens with two attached hydrogens (primary N) is 1. The summed E-state index contributed by atoms with van der Waals surface area (Å²) in [5.41, 5.74) is 10.7. The largest absolute Gasteiger partial charge is 0.471 e. The quantitative estimate of drug-likeness (QED) is 0.653. The molecule has 152 valence electrons. The van der Waals surface area contributed by atoms with Gasteiger partial charge in [0.15, 0.2) is 0 Å². The second-order valence-corrected chi connectivity index (χ2v) is 6.71. The highest BCUT2D eigenvalue weighted by Gasteiger charge is 2.38. The lowest BCUT2D eigenvalue weighted by molar-refractivity contribution is -0.159. The molecule has 0 atom stereocenters. The average molecular weight is 403 g/mol. The van der Waals surface area contributed by atoms with Crippen molar-refractivity contribution in [1.29, 1.82) is 0 Å². The van der Waals surface area contributed by atoms with E-state index in [0.717, 1.165) is 22.3 Å². The Kier molecular flexibility index (Phi) is 5.46. The summed E-state index contributed by atoms with van der Waals surface area (Å²) in [6.45, 7) is 5.99. The molecule has 29 heavy (non-hydrogen) atoms. The van der Waals surface area contributed by atoms with E-state index in [4.69, 9.17) is 5.73 Å². The SMILES string of the molecule is CCc1cc(C)cc(CC)c1-c1cc(-c2noc(C(F)(F)F)n2)ccc1C(N)=O. The molecule has 3 aromatic rings. The smallest absolute Gasteiger partial charge is 0.366 e. The van der Waals surface area contributed by atoms with Crippen LogP contribution in [0.4, 0.5) is 13.2 Å². The molecule has 0 unspecified atom stereocenters. The third-order valence-corrected chi connectivity index (χ3v) is 4.69. The molecule has 8 heteroatoms. The van der Waals surface area contributed by atoms with Crippen molar-refractivity contribution in [3.8, 4) is 22.5 Å². The van der Waals surface area contributed by atoms with E-state index in [9.17, 15) is 18.0 Å². The highest BCUT2D eigenvalue weighted by Crippen LogP contribution is 2.36. The number of nitrogens with zero attached hydrogens (tertiary/aromatic N) is 2. The molecular weight excluding hydrogens is 383 g/mol. The van der Waals surface area contributed by atoms with Crippen LogP contribution in [-0.4, -0.2) is 16.0 Å². The number of carbonyl (C=O) groups is 1. The molecule has 2 N–H and O–H groups in total. The number of carbonyl (C=O) groups excluding carboxylic acids is 1. The molecule has 0 aliphatic carbocycles. The maximum atomic E-state index is 12.8. The number of hydrogen-bond acceptors (Lipinski definition) is 4. The Balaban J connectivity index is 2.25. The summed E-state index contributed by atoms with van der Waals surface area (Å²) in [5.74, 6) is -2.26. The van der Waals surface area contributed by atoms with E-state index in [1.165, 1.54) is 12.1 Å². The zero-order valence-corrected chi connectivity index (χ0v) is 16.2. The molecule has 0 saturated carbocycles. The van der Waals surface area contributed by atoms with Crippen molar-refractivity contribution in [3.05, 3.63) is 58.5 Å². The van der Waals surface area contributed by atoms with Gasteiger partial charge in [-0.2, -0.15) is 18.2 Å². The Morgan fingerprint density at radius 2 is 1.72 bits per heavy atom.